The molecule has 4 heteroatoms. The molecule has 1 amide bonds. The number of rotatable bonds is 2. The Balaban J connectivity index is 2.79. The van der Waals surface area contributed by atoms with E-state index in [0.717, 1.165) is 0 Å². The summed E-state index contributed by atoms with van der Waals surface area (Å²) in [7, 11) is 1.56. The predicted octanol–water partition coefficient (Wildman–Crippen LogP) is 1.05. The van der Waals surface area contributed by atoms with Gasteiger partial charge in [-0.05, 0) is 6.07 Å². The largest absolute Gasteiger partial charge is 0.497 e. The van der Waals surface area contributed by atoms with Crippen LogP contribution in [0, 0.1) is 0 Å². The number of nitrogens with one attached hydrogen (secondary N) is 1. The van der Waals surface area contributed by atoms with E-state index < -0.39 is 0 Å². The molecule has 0 saturated carbocycles. The number of nitrogens with zero attached hydrogens (tertiary/aromatic N) is 1. The summed E-state index contributed by atoms with van der Waals surface area (Å²) in [5.74, 6) is 1.03. The Morgan fingerprint density at radius 2 is 2.42 bits per heavy atom. The Morgan fingerprint density at radius 1 is 1.67 bits per heavy atom. The van der Waals surface area contributed by atoms with Crippen molar-refractivity contribution in [1.29, 1.82) is 0 Å². The first-order chi connectivity index (χ1) is 5.72. The summed E-state index contributed by atoms with van der Waals surface area (Å²) in [6.45, 7) is 1.43. The molecule has 64 valence electrons. The standard InChI is InChI=1S/C8H10N2O2/c1-6(11)10-8-5-7(12-2)3-4-9-8/h3-5H,1-2H3,(H,9,10,11). The number of ether oxygens (including phenoxy) is 1. The molecular formula is C8H10N2O2. The molecule has 1 N–H and O–H groups in total. The van der Waals surface area contributed by atoms with E-state index in [1.807, 2.05) is 0 Å². The highest BCUT2D eigenvalue weighted by atomic mass is 16.5. The first-order valence-corrected chi connectivity index (χ1v) is 3.50. The van der Waals surface area contributed by atoms with E-state index in [1.54, 1.807) is 25.4 Å². The zero-order valence-corrected chi connectivity index (χ0v) is 7.00. The Hall–Kier alpha value is -1.58. The van der Waals surface area contributed by atoms with Crippen LogP contribution in [-0.2, 0) is 4.79 Å². The fourth-order valence-corrected chi connectivity index (χ4v) is 0.787. The van der Waals surface area contributed by atoms with Gasteiger partial charge >= 0.3 is 0 Å². The number of carbonyl (C=O) groups is 1. The van der Waals surface area contributed by atoms with Crippen LogP contribution in [0.4, 0.5) is 5.82 Å². The Bertz CT molecular complexity index is 286. The zero-order valence-electron chi connectivity index (χ0n) is 7.00. The molecule has 1 aromatic heterocycles. The summed E-state index contributed by atoms with van der Waals surface area (Å²) in [5, 5.41) is 2.55. The first kappa shape index (κ1) is 8.52. The molecule has 1 heterocycles. The maximum atomic E-state index is 10.6. The zero-order chi connectivity index (χ0) is 8.97. The van der Waals surface area contributed by atoms with Gasteiger partial charge in [0.1, 0.15) is 11.6 Å². The second kappa shape index (κ2) is 3.71. The van der Waals surface area contributed by atoms with Crippen molar-refractivity contribution < 1.29 is 9.53 Å². The number of amides is 1. The van der Waals surface area contributed by atoms with Crippen LogP contribution in [-0.4, -0.2) is 18.0 Å². The number of aromatic nitrogens is 1. The molecule has 12 heavy (non-hydrogen) atoms. The molecule has 0 fully saturated rings. The molecule has 0 aliphatic carbocycles. The first-order valence-electron chi connectivity index (χ1n) is 3.50. The minimum Gasteiger partial charge on any atom is -0.497 e. The van der Waals surface area contributed by atoms with Crippen molar-refractivity contribution in [3.8, 4) is 5.75 Å². The van der Waals surface area contributed by atoms with Crippen LogP contribution in [0.25, 0.3) is 0 Å². The van der Waals surface area contributed by atoms with Gasteiger partial charge in [-0.15, -0.1) is 0 Å². The molecule has 0 spiro atoms. The second-order valence-electron chi connectivity index (χ2n) is 2.26. The number of anilines is 1. The number of methoxy groups -OCH3 is 1. The van der Waals surface area contributed by atoms with Gasteiger partial charge in [0.05, 0.1) is 7.11 Å². The van der Waals surface area contributed by atoms with Crippen molar-refractivity contribution >= 4 is 11.7 Å². The van der Waals surface area contributed by atoms with Gasteiger partial charge < -0.3 is 10.1 Å². The number of hydrogen-bond donors (Lipinski definition) is 1. The topological polar surface area (TPSA) is 51.2 Å². The quantitative estimate of drug-likeness (QED) is 0.714. The third kappa shape index (κ3) is 2.23. The molecule has 0 aromatic carbocycles. The molecule has 0 radical (unpaired) electrons. The molecule has 1 rings (SSSR count). The lowest BCUT2D eigenvalue weighted by Crippen LogP contribution is -2.07. The molecule has 0 unspecified atom stereocenters. The second-order valence-corrected chi connectivity index (χ2v) is 2.26. The molecule has 1 aromatic rings. The lowest BCUT2D eigenvalue weighted by Gasteiger charge is -2.02. The van der Waals surface area contributed by atoms with Crippen molar-refractivity contribution in [3.63, 3.8) is 0 Å². The molecule has 0 saturated heterocycles. The van der Waals surface area contributed by atoms with Crippen molar-refractivity contribution in [1.82, 2.24) is 4.98 Å². The maximum absolute atomic E-state index is 10.6. The Labute approximate surface area is 70.6 Å². The van der Waals surface area contributed by atoms with E-state index in [4.69, 9.17) is 4.74 Å². The Morgan fingerprint density at radius 3 is 3.00 bits per heavy atom. The SMILES string of the molecule is COc1ccnc(NC(C)=O)c1. The third-order valence-corrected chi connectivity index (χ3v) is 1.27. The van der Waals surface area contributed by atoms with E-state index in [9.17, 15) is 4.79 Å². The molecule has 0 aliphatic rings. The highest BCUT2D eigenvalue weighted by molar-refractivity contribution is 5.87. The van der Waals surface area contributed by atoms with Crippen molar-refractivity contribution in [3.05, 3.63) is 18.3 Å². The number of carbonyl (C=O) groups excluding carboxylic acids is 1. The van der Waals surface area contributed by atoms with E-state index in [0.29, 0.717) is 11.6 Å². The van der Waals surface area contributed by atoms with Gasteiger partial charge in [-0.3, -0.25) is 4.79 Å². The normalized spacial score (nSPS) is 9.17. The van der Waals surface area contributed by atoms with Crippen LogP contribution in [0.15, 0.2) is 18.3 Å². The summed E-state index contributed by atoms with van der Waals surface area (Å²) in [6.07, 6.45) is 1.57. The summed E-state index contributed by atoms with van der Waals surface area (Å²) in [6, 6.07) is 3.37. The highest BCUT2D eigenvalue weighted by Gasteiger charge is 1.97. The molecule has 0 atom stereocenters. The molecule has 0 bridgehead atoms. The molecular weight excluding hydrogens is 156 g/mol. The lowest BCUT2D eigenvalue weighted by molar-refractivity contribution is -0.114. The minimum absolute atomic E-state index is 0.143. The van der Waals surface area contributed by atoms with E-state index in [1.165, 1.54) is 6.92 Å². The van der Waals surface area contributed by atoms with Gasteiger partial charge in [0, 0.05) is 19.2 Å². The fourth-order valence-electron chi connectivity index (χ4n) is 0.787. The smallest absolute Gasteiger partial charge is 0.222 e. The molecule has 4 nitrogen and oxygen atoms in total. The predicted molar refractivity (Wildman–Crippen MR) is 45.1 cm³/mol. The van der Waals surface area contributed by atoms with Crippen molar-refractivity contribution in [2.75, 3.05) is 12.4 Å². The third-order valence-electron chi connectivity index (χ3n) is 1.27. The van der Waals surface area contributed by atoms with Gasteiger partial charge in [-0.2, -0.15) is 0 Å². The fraction of sp³-hybridized carbons (Fsp3) is 0.250. The maximum Gasteiger partial charge on any atom is 0.222 e. The van der Waals surface area contributed by atoms with Crippen molar-refractivity contribution in [2.45, 2.75) is 6.92 Å². The Kier molecular flexibility index (Phi) is 2.63. The lowest BCUT2D eigenvalue weighted by atomic mass is 10.4. The van der Waals surface area contributed by atoms with Crippen LogP contribution in [0.2, 0.25) is 0 Å². The highest BCUT2D eigenvalue weighted by Crippen LogP contribution is 2.12. The van der Waals surface area contributed by atoms with Crippen LogP contribution < -0.4 is 10.1 Å². The van der Waals surface area contributed by atoms with Gasteiger partial charge in [0.25, 0.3) is 0 Å². The van der Waals surface area contributed by atoms with Gasteiger partial charge in [0.2, 0.25) is 5.91 Å². The molecule has 0 aliphatic heterocycles. The summed E-state index contributed by atoms with van der Waals surface area (Å²) in [4.78, 5) is 14.5. The van der Waals surface area contributed by atoms with Gasteiger partial charge in [-0.25, -0.2) is 4.98 Å². The summed E-state index contributed by atoms with van der Waals surface area (Å²) in [5.41, 5.74) is 0. The number of hydrogen-bond acceptors (Lipinski definition) is 3. The van der Waals surface area contributed by atoms with Crippen LogP contribution in [0.1, 0.15) is 6.92 Å². The summed E-state index contributed by atoms with van der Waals surface area (Å²) < 4.78 is 4.95. The van der Waals surface area contributed by atoms with E-state index in [-0.39, 0.29) is 5.91 Å². The minimum atomic E-state index is -0.143. The monoisotopic (exact) mass is 166 g/mol. The van der Waals surface area contributed by atoms with Gasteiger partial charge in [0.15, 0.2) is 0 Å². The average Bonchev–Trinajstić information content (AvgIpc) is 2.03. The average molecular weight is 166 g/mol. The number of pyridine rings is 1. The van der Waals surface area contributed by atoms with Gasteiger partial charge in [-0.1, -0.05) is 0 Å². The summed E-state index contributed by atoms with van der Waals surface area (Å²) >= 11 is 0. The van der Waals surface area contributed by atoms with Crippen LogP contribution in [0.3, 0.4) is 0 Å². The van der Waals surface area contributed by atoms with E-state index in [2.05, 4.69) is 10.3 Å². The van der Waals surface area contributed by atoms with Crippen molar-refractivity contribution in [2.24, 2.45) is 0 Å². The van der Waals surface area contributed by atoms with Crippen LogP contribution >= 0.6 is 0 Å². The van der Waals surface area contributed by atoms with Crippen LogP contribution in [0.5, 0.6) is 5.75 Å². The van der Waals surface area contributed by atoms with E-state index >= 15 is 0 Å².